The van der Waals surface area contributed by atoms with Crippen LogP contribution in [0.25, 0.3) is 0 Å². The molecule has 2 aromatic rings. The maximum absolute atomic E-state index is 12.5. The van der Waals surface area contributed by atoms with E-state index < -0.39 is 0 Å². The summed E-state index contributed by atoms with van der Waals surface area (Å²) in [5.74, 6) is 1.61. The Balaban J connectivity index is 1.93. The first kappa shape index (κ1) is 14.1. The summed E-state index contributed by atoms with van der Waals surface area (Å²) >= 11 is 0. The van der Waals surface area contributed by atoms with Gasteiger partial charge in [0.05, 0.1) is 25.5 Å². The number of hydrogen-bond acceptors (Lipinski definition) is 5. The first-order valence-electron chi connectivity index (χ1n) is 6.65. The van der Waals surface area contributed by atoms with E-state index in [9.17, 15) is 4.79 Å². The monoisotopic (exact) mass is 301 g/mol. The zero-order valence-corrected chi connectivity index (χ0v) is 12.2. The van der Waals surface area contributed by atoms with Crippen molar-refractivity contribution < 1.29 is 23.7 Å². The highest BCUT2D eigenvalue weighted by Gasteiger charge is 2.25. The van der Waals surface area contributed by atoms with Gasteiger partial charge in [0.15, 0.2) is 11.5 Å². The van der Waals surface area contributed by atoms with E-state index in [-0.39, 0.29) is 12.7 Å². The Morgan fingerprint density at radius 3 is 2.68 bits per heavy atom. The predicted molar refractivity (Wildman–Crippen MR) is 80.1 cm³/mol. The van der Waals surface area contributed by atoms with E-state index in [0.717, 1.165) is 0 Å². The lowest BCUT2D eigenvalue weighted by Gasteiger charge is -2.13. The van der Waals surface area contributed by atoms with Gasteiger partial charge in [0.2, 0.25) is 12.5 Å². The number of amides is 1. The molecule has 0 atom stereocenters. The average molecular weight is 301 g/mol. The molecule has 6 nitrogen and oxygen atoms in total. The van der Waals surface area contributed by atoms with Crippen LogP contribution < -0.4 is 24.3 Å². The standard InChI is InChI=1S/C16H15NO5/c1-19-12-6-4-3-5-11(12)17-16(18)10-7-8-13-15(14(10)20-2)22-9-21-13/h3-8H,9H2,1-2H3,(H,17,18). The van der Waals surface area contributed by atoms with E-state index in [1.165, 1.54) is 7.11 Å². The van der Waals surface area contributed by atoms with Gasteiger partial charge in [-0.15, -0.1) is 0 Å². The largest absolute Gasteiger partial charge is 0.495 e. The second kappa shape index (κ2) is 5.85. The summed E-state index contributed by atoms with van der Waals surface area (Å²) < 4.78 is 21.2. The van der Waals surface area contributed by atoms with Crippen LogP contribution in [0.1, 0.15) is 10.4 Å². The second-order valence-corrected chi connectivity index (χ2v) is 4.53. The number of carbonyl (C=O) groups is 1. The fraction of sp³-hybridized carbons (Fsp3) is 0.188. The molecule has 0 fully saturated rings. The van der Waals surface area contributed by atoms with Crippen LogP contribution >= 0.6 is 0 Å². The van der Waals surface area contributed by atoms with Gasteiger partial charge < -0.3 is 24.3 Å². The van der Waals surface area contributed by atoms with Gasteiger partial charge in [0, 0.05) is 0 Å². The summed E-state index contributed by atoms with van der Waals surface area (Å²) in [6.45, 7) is 0.114. The van der Waals surface area contributed by atoms with E-state index in [2.05, 4.69) is 5.32 Å². The Morgan fingerprint density at radius 2 is 1.91 bits per heavy atom. The summed E-state index contributed by atoms with van der Waals surface area (Å²) in [7, 11) is 3.03. The van der Waals surface area contributed by atoms with Gasteiger partial charge in [-0.25, -0.2) is 0 Å². The minimum absolute atomic E-state index is 0.114. The molecule has 6 heteroatoms. The fourth-order valence-electron chi connectivity index (χ4n) is 2.27. The normalized spacial score (nSPS) is 11.9. The molecule has 0 radical (unpaired) electrons. The molecule has 1 heterocycles. The van der Waals surface area contributed by atoms with Crippen molar-refractivity contribution in [1.82, 2.24) is 0 Å². The van der Waals surface area contributed by atoms with E-state index in [1.807, 2.05) is 12.1 Å². The smallest absolute Gasteiger partial charge is 0.259 e. The number of rotatable bonds is 4. The predicted octanol–water partition coefficient (Wildman–Crippen LogP) is 2.68. The van der Waals surface area contributed by atoms with Crippen LogP contribution in [0.15, 0.2) is 36.4 Å². The molecule has 0 saturated carbocycles. The molecule has 0 aliphatic carbocycles. The van der Waals surface area contributed by atoms with Crippen molar-refractivity contribution >= 4 is 11.6 Å². The van der Waals surface area contributed by atoms with Crippen LogP contribution in [-0.4, -0.2) is 26.9 Å². The third-order valence-electron chi connectivity index (χ3n) is 3.30. The molecule has 0 saturated heterocycles. The SMILES string of the molecule is COc1ccccc1NC(=O)c1ccc2c(c1OC)OCO2. The molecule has 1 N–H and O–H groups in total. The van der Waals surface area contributed by atoms with Crippen LogP contribution in [0, 0.1) is 0 Å². The molecular formula is C16H15NO5. The molecule has 3 rings (SSSR count). The Labute approximate surface area is 127 Å². The lowest BCUT2D eigenvalue weighted by atomic mass is 10.1. The highest BCUT2D eigenvalue weighted by Crippen LogP contribution is 2.43. The number of fused-ring (bicyclic) bond motifs is 1. The number of hydrogen-bond donors (Lipinski definition) is 1. The van der Waals surface area contributed by atoms with Crippen molar-refractivity contribution in [3.63, 3.8) is 0 Å². The molecule has 114 valence electrons. The van der Waals surface area contributed by atoms with Crippen LogP contribution in [-0.2, 0) is 0 Å². The minimum Gasteiger partial charge on any atom is -0.495 e. The molecule has 2 aromatic carbocycles. The zero-order chi connectivity index (χ0) is 15.5. The Morgan fingerprint density at radius 1 is 1.09 bits per heavy atom. The highest BCUT2D eigenvalue weighted by molar-refractivity contribution is 6.07. The van der Waals surface area contributed by atoms with Gasteiger partial charge in [-0.3, -0.25) is 4.79 Å². The number of carbonyl (C=O) groups excluding carboxylic acids is 1. The first-order valence-corrected chi connectivity index (χ1v) is 6.65. The molecule has 0 spiro atoms. The van der Waals surface area contributed by atoms with E-state index in [4.69, 9.17) is 18.9 Å². The molecule has 1 aliphatic heterocycles. The lowest BCUT2D eigenvalue weighted by molar-refractivity contribution is 0.102. The maximum Gasteiger partial charge on any atom is 0.259 e. The molecule has 22 heavy (non-hydrogen) atoms. The summed E-state index contributed by atoms with van der Waals surface area (Å²) in [6.07, 6.45) is 0. The highest BCUT2D eigenvalue weighted by atomic mass is 16.7. The minimum atomic E-state index is -0.320. The number of nitrogens with one attached hydrogen (secondary N) is 1. The molecule has 0 aromatic heterocycles. The summed E-state index contributed by atoms with van der Waals surface area (Å²) in [6, 6.07) is 10.5. The van der Waals surface area contributed by atoms with Gasteiger partial charge in [0.1, 0.15) is 5.75 Å². The van der Waals surface area contributed by atoms with Gasteiger partial charge in [-0.2, -0.15) is 0 Å². The van der Waals surface area contributed by atoms with Crippen molar-refractivity contribution in [3.8, 4) is 23.0 Å². The van der Waals surface area contributed by atoms with Crippen LogP contribution in [0.2, 0.25) is 0 Å². The molecule has 0 bridgehead atoms. The van der Waals surface area contributed by atoms with Crippen molar-refractivity contribution in [1.29, 1.82) is 0 Å². The van der Waals surface area contributed by atoms with Gasteiger partial charge in [-0.05, 0) is 24.3 Å². The number of para-hydroxylation sites is 2. The summed E-state index contributed by atoms with van der Waals surface area (Å²) in [5.41, 5.74) is 0.937. The van der Waals surface area contributed by atoms with Crippen molar-refractivity contribution in [2.24, 2.45) is 0 Å². The van der Waals surface area contributed by atoms with Crippen LogP contribution in [0.5, 0.6) is 23.0 Å². The van der Waals surface area contributed by atoms with Gasteiger partial charge in [0.25, 0.3) is 5.91 Å². The summed E-state index contributed by atoms with van der Waals surface area (Å²) in [4.78, 5) is 12.5. The fourth-order valence-corrected chi connectivity index (χ4v) is 2.27. The number of methoxy groups -OCH3 is 2. The quantitative estimate of drug-likeness (QED) is 0.940. The van der Waals surface area contributed by atoms with Crippen LogP contribution in [0.4, 0.5) is 5.69 Å². The summed E-state index contributed by atoms with van der Waals surface area (Å²) in [5, 5.41) is 2.80. The van der Waals surface area contributed by atoms with Gasteiger partial charge >= 0.3 is 0 Å². The number of anilines is 1. The van der Waals surface area contributed by atoms with Gasteiger partial charge in [-0.1, -0.05) is 12.1 Å². The average Bonchev–Trinajstić information content (AvgIpc) is 3.02. The topological polar surface area (TPSA) is 66.0 Å². The van der Waals surface area contributed by atoms with E-state index >= 15 is 0 Å². The van der Waals surface area contributed by atoms with E-state index in [1.54, 1.807) is 31.4 Å². The van der Waals surface area contributed by atoms with Crippen LogP contribution in [0.3, 0.4) is 0 Å². The number of benzene rings is 2. The second-order valence-electron chi connectivity index (χ2n) is 4.53. The number of ether oxygens (including phenoxy) is 4. The lowest BCUT2D eigenvalue weighted by Crippen LogP contribution is -2.14. The van der Waals surface area contributed by atoms with E-state index in [0.29, 0.717) is 34.2 Å². The van der Waals surface area contributed by atoms with Crippen molar-refractivity contribution in [2.75, 3.05) is 26.3 Å². The molecule has 0 unspecified atom stereocenters. The molecular weight excluding hydrogens is 286 g/mol. The third kappa shape index (κ3) is 2.39. The Kier molecular flexibility index (Phi) is 3.74. The first-order chi connectivity index (χ1) is 10.7. The Bertz CT molecular complexity index is 714. The zero-order valence-electron chi connectivity index (χ0n) is 12.2. The molecule has 1 aliphatic rings. The molecule has 1 amide bonds. The van der Waals surface area contributed by atoms with Crippen molar-refractivity contribution in [3.05, 3.63) is 42.0 Å². The van der Waals surface area contributed by atoms with Crippen molar-refractivity contribution in [2.45, 2.75) is 0 Å². The third-order valence-corrected chi connectivity index (χ3v) is 3.30. The Hall–Kier alpha value is -2.89. The maximum atomic E-state index is 12.5.